The minimum absolute atomic E-state index is 0.0413. The average Bonchev–Trinajstić information content (AvgIpc) is 3.71. The van der Waals surface area contributed by atoms with Crippen molar-refractivity contribution in [2.24, 2.45) is 0 Å². The van der Waals surface area contributed by atoms with E-state index in [-0.39, 0.29) is 34.5 Å². The minimum atomic E-state index is -0.615. The molecule has 1 fully saturated rings. The first-order valence-corrected chi connectivity index (χ1v) is 13.0. The van der Waals surface area contributed by atoms with Crippen molar-refractivity contribution in [2.75, 3.05) is 5.32 Å². The summed E-state index contributed by atoms with van der Waals surface area (Å²) in [6.45, 7) is 1.80. The molecule has 6 rings (SSSR count). The third-order valence-corrected chi connectivity index (χ3v) is 7.50. The van der Waals surface area contributed by atoms with Gasteiger partial charge in [-0.3, -0.25) is 9.59 Å². The maximum absolute atomic E-state index is 15.3. The van der Waals surface area contributed by atoms with Crippen LogP contribution in [0, 0.1) is 5.82 Å². The van der Waals surface area contributed by atoms with Gasteiger partial charge in [0.2, 0.25) is 11.8 Å². The molecular formula is C27H24ClFN8O2. The molecule has 2 N–H and O–H groups in total. The number of para-hydroxylation sites is 1. The highest BCUT2D eigenvalue weighted by Gasteiger charge is 2.42. The van der Waals surface area contributed by atoms with Crippen LogP contribution in [0.1, 0.15) is 50.0 Å². The molecule has 0 saturated carbocycles. The van der Waals surface area contributed by atoms with E-state index in [9.17, 15) is 9.59 Å². The maximum Gasteiger partial charge on any atom is 0.247 e. The van der Waals surface area contributed by atoms with Crippen molar-refractivity contribution in [3.63, 3.8) is 0 Å². The highest BCUT2D eigenvalue weighted by Crippen LogP contribution is 2.44. The van der Waals surface area contributed by atoms with E-state index in [1.165, 1.54) is 23.2 Å². The molecule has 2 aliphatic rings. The summed E-state index contributed by atoms with van der Waals surface area (Å²) in [7, 11) is 0. The van der Waals surface area contributed by atoms with E-state index in [2.05, 4.69) is 25.8 Å². The molecule has 0 aliphatic carbocycles. The molecule has 2 aliphatic heterocycles. The Morgan fingerprint density at radius 3 is 2.87 bits per heavy atom. The molecule has 198 valence electrons. The number of fused-ring (bicyclic) bond motifs is 1. The Morgan fingerprint density at radius 2 is 2.08 bits per heavy atom. The zero-order chi connectivity index (χ0) is 27.1. The van der Waals surface area contributed by atoms with Gasteiger partial charge in [-0.25, -0.2) is 9.37 Å². The molecule has 2 atom stereocenters. The summed E-state index contributed by atoms with van der Waals surface area (Å²) >= 11 is 6.12. The summed E-state index contributed by atoms with van der Waals surface area (Å²) in [5.41, 5.74) is 3.32. The summed E-state index contributed by atoms with van der Waals surface area (Å²) < 4.78 is 16.7. The summed E-state index contributed by atoms with van der Waals surface area (Å²) in [5.74, 6) is -0.258. The number of aromatic nitrogens is 6. The number of hydrogen-bond donors (Lipinski definition) is 2. The molecule has 0 spiro atoms. The fourth-order valence-electron chi connectivity index (χ4n) is 5.40. The normalized spacial score (nSPS) is 18.7. The minimum Gasteiger partial charge on any atom is -0.346 e. The predicted octanol–water partition coefficient (Wildman–Crippen LogP) is 4.71. The van der Waals surface area contributed by atoms with E-state index >= 15 is 4.39 Å². The molecule has 1 saturated heterocycles. The third-order valence-electron chi connectivity index (χ3n) is 7.21. The van der Waals surface area contributed by atoms with Crippen molar-refractivity contribution in [2.45, 2.75) is 44.7 Å². The summed E-state index contributed by atoms with van der Waals surface area (Å²) in [6, 6.07) is 10.2. The number of nitrogens with zero attached hydrogens (tertiary/aromatic N) is 6. The number of carbonyl (C=O) groups excluding carboxylic acids is 2. The van der Waals surface area contributed by atoms with Crippen LogP contribution in [0.15, 0.2) is 55.0 Å². The Morgan fingerprint density at radius 1 is 1.23 bits per heavy atom. The van der Waals surface area contributed by atoms with Crippen LogP contribution in [0.3, 0.4) is 0 Å². The molecule has 0 bridgehead atoms. The molecular weight excluding hydrogens is 523 g/mol. The SMILES string of the molecule is CCC(=O)Nc1ccccc1-c1c[nH]c([C@@H]2CC[C@@H]3CC(c4c(-n5cnnn5)ccc(Cl)c4F)=CC(=O)N32)n1. The lowest BCUT2D eigenvalue weighted by molar-refractivity contribution is -0.129. The van der Waals surface area contributed by atoms with Gasteiger partial charge in [0.1, 0.15) is 12.2 Å². The molecule has 0 radical (unpaired) electrons. The van der Waals surface area contributed by atoms with Crippen LogP contribution in [0.5, 0.6) is 0 Å². The van der Waals surface area contributed by atoms with Crippen molar-refractivity contribution >= 4 is 34.7 Å². The lowest BCUT2D eigenvalue weighted by Gasteiger charge is -2.33. The fraction of sp³-hybridized carbons (Fsp3) is 0.259. The lowest BCUT2D eigenvalue weighted by atomic mass is 9.92. The highest BCUT2D eigenvalue weighted by atomic mass is 35.5. The van der Waals surface area contributed by atoms with Crippen LogP contribution in [0.4, 0.5) is 10.1 Å². The lowest BCUT2D eigenvalue weighted by Crippen LogP contribution is -2.39. The Labute approximate surface area is 227 Å². The van der Waals surface area contributed by atoms with E-state index in [0.29, 0.717) is 47.7 Å². The number of amides is 2. The number of H-pyrrole nitrogens is 1. The van der Waals surface area contributed by atoms with Crippen LogP contribution in [0.25, 0.3) is 22.5 Å². The number of halogens is 2. The first kappa shape index (κ1) is 24.9. The number of nitrogens with one attached hydrogen (secondary N) is 2. The van der Waals surface area contributed by atoms with Crippen molar-refractivity contribution in [1.29, 1.82) is 0 Å². The Balaban J connectivity index is 1.30. The maximum atomic E-state index is 15.3. The van der Waals surface area contributed by atoms with E-state index in [0.717, 1.165) is 12.0 Å². The molecule has 4 aromatic rings. The van der Waals surface area contributed by atoms with Gasteiger partial charge in [-0.1, -0.05) is 36.7 Å². The average molecular weight is 547 g/mol. The molecule has 39 heavy (non-hydrogen) atoms. The number of rotatable bonds is 6. The van der Waals surface area contributed by atoms with Crippen molar-refractivity contribution in [3.05, 3.63) is 77.2 Å². The van der Waals surface area contributed by atoms with Crippen LogP contribution < -0.4 is 5.32 Å². The van der Waals surface area contributed by atoms with E-state index < -0.39 is 5.82 Å². The molecule has 12 heteroatoms. The standard InChI is InChI=1S/C27H24ClFN8O2/c1-2-23(38)32-19-6-4-3-5-17(19)20-13-30-27(33-20)22-9-7-16-11-15(12-24(39)37(16)22)25-21(36-14-31-34-35-36)10-8-18(28)26(25)29/h3-6,8,10,12-14,16,22H,2,7,9,11H2,1H3,(H,30,33)(H,32,38)/t16-,22+/m1/s1. The number of anilines is 1. The zero-order valence-corrected chi connectivity index (χ0v) is 21.7. The fourth-order valence-corrected chi connectivity index (χ4v) is 5.56. The van der Waals surface area contributed by atoms with Crippen LogP contribution >= 0.6 is 11.6 Å². The van der Waals surface area contributed by atoms with Crippen molar-refractivity contribution in [3.8, 4) is 16.9 Å². The number of tetrazole rings is 1. The predicted molar refractivity (Wildman–Crippen MR) is 142 cm³/mol. The molecule has 10 nitrogen and oxygen atoms in total. The van der Waals surface area contributed by atoms with Gasteiger partial charge in [-0.2, -0.15) is 4.68 Å². The Bertz CT molecular complexity index is 1600. The quantitative estimate of drug-likeness (QED) is 0.361. The number of benzene rings is 2. The molecule has 2 aromatic heterocycles. The Hall–Kier alpha value is -4.38. The summed E-state index contributed by atoms with van der Waals surface area (Å²) in [6.07, 6.45) is 6.88. The van der Waals surface area contributed by atoms with E-state index in [1.54, 1.807) is 19.2 Å². The second-order valence-electron chi connectivity index (χ2n) is 9.49. The van der Waals surface area contributed by atoms with Gasteiger partial charge in [0.05, 0.1) is 28.1 Å². The van der Waals surface area contributed by atoms with E-state index in [1.807, 2.05) is 29.2 Å². The number of aromatic amines is 1. The van der Waals surface area contributed by atoms with Gasteiger partial charge in [0.15, 0.2) is 5.82 Å². The first-order valence-electron chi connectivity index (χ1n) is 12.6. The van der Waals surface area contributed by atoms with Crippen LogP contribution in [-0.4, -0.2) is 52.9 Å². The number of carbonyl (C=O) groups is 2. The topological polar surface area (TPSA) is 122 Å². The third kappa shape index (κ3) is 4.48. The second kappa shape index (κ2) is 10.1. The molecule has 4 heterocycles. The molecule has 2 amide bonds. The van der Waals surface area contributed by atoms with Crippen LogP contribution in [0.2, 0.25) is 5.02 Å². The van der Waals surface area contributed by atoms with Gasteiger partial charge in [0, 0.05) is 35.9 Å². The monoisotopic (exact) mass is 546 g/mol. The summed E-state index contributed by atoms with van der Waals surface area (Å²) in [4.78, 5) is 35.3. The van der Waals surface area contributed by atoms with Crippen LogP contribution in [-0.2, 0) is 9.59 Å². The van der Waals surface area contributed by atoms with Gasteiger partial charge in [-0.15, -0.1) is 5.10 Å². The van der Waals surface area contributed by atoms with Gasteiger partial charge < -0.3 is 15.2 Å². The zero-order valence-electron chi connectivity index (χ0n) is 20.9. The second-order valence-corrected chi connectivity index (χ2v) is 9.90. The molecule has 2 aromatic carbocycles. The van der Waals surface area contributed by atoms with Gasteiger partial charge in [-0.05, 0) is 53.5 Å². The van der Waals surface area contributed by atoms with Gasteiger partial charge in [0.25, 0.3) is 0 Å². The first-order chi connectivity index (χ1) is 18.9. The van der Waals surface area contributed by atoms with E-state index in [4.69, 9.17) is 16.6 Å². The van der Waals surface area contributed by atoms with Crippen molar-refractivity contribution < 1.29 is 14.0 Å². The largest absolute Gasteiger partial charge is 0.346 e. The smallest absolute Gasteiger partial charge is 0.247 e. The van der Waals surface area contributed by atoms with Gasteiger partial charge >= 0.3 is 0 Å². The Kier molecular flexibility index (Phi) is 6.43. The molecule has 0 unspecified atom stereocenters. The number of imidazole rings is 1. The number of hydrogen-bond acceptors (Lipinski definition) is 6. The van der Waals surface area contributed by atoms with Crippen molar-refractivity contribution in [1.82, 2.24) is 35.1 Å². The summed E-state index contributed by atoms with van der Waals surface area (Å²) in [5, 5.41) is 14.1. The highest BCUT2D eigenvalue weighted by molar-refractivity contribution is 6.31.